The number of rotatable bonds is 3. The van der Waals surface area contributed by atoms with E-state index in [2.05, 4.69) is 9.47 Å². The minimum atomic E-state index is -4.95. The summed E-state index contributed by atoms with van der Waals surface area (Å²) in [5.41, 5.74) is -0.435. The van der Waals surface area contributed by atoms with Crippen LogP contribution in [0.1, 0.15) is 22.8 Å². The summed E-state index contributed by atoms with van der Waals surface area (Å²) < 4.78 is 44.7. The molecule has 0 spiro atoms. The van der Waals surface area contributed by atoms with Crippen molar-refractivity contribution < 1.29 is 27.4 Å². The van der Waals surface area contributed by atoms with E-state index in [1.807, 2.05) is 0 Å². The zero-order chi connectivity index (χ0) is 13.8. The van der Waals surface area contributed by atoms with Crippen molar-refractivity contribution in [3.05, 3.63) is 29.3 Å². The first-order valence-electron chi connectivity index (χ1n) is 4.84. The highest BCUT2D eigenvalue weighted by Gasteiger charge is 2.33. The van der Waals surface area contributed by atoms with Crippen LogP contribution in [0.5, 0.6) is 5.75 Å². The standard InChI is InChI=1S/C11H8F3NO3/c1-2-17-10(16)8-4-3-7(6-15)5-9(8)18-11(12,13)14/h3-5H,2H2,1H3. The molecule has 4 nitrogen and oxygen atoms in total. The maximum atomic E-state index is 12.1. The molecule has 0 aliphatic carbocycles. The SMILES string of the molecule is CCOC(=O)c1ccc(C#N)cc1OC(F)(F)F. The van der Waals surface area contributed by atoms with Gasteiger partial charge >= 0.3 is 12.3 Å². The van der Waals surface area contributed by atoms with Gasteiger partial charge in [-0.1, -0.05) is 0 Å². The molecule has 0 heterocycles. The third-order valence-corrected chi connectivity index (χ3v) is 1.83. The smallest absolute Gasteiger partial charge is 0.462 e. The van der Waals surface area contributed by atoms with Crippen molar-refractivity contribution in [2.24, 2.45) is 0 Å². The molecule has 0 fully saturated rings. The average molecular weight is 259 g/mol. The fraction of sp³-hybridized carbons (Fsp3) is 0.273. The molecule has 0 aliphatic rings. The van der Waals surface area contributed by atoms with E-state index in [1.54, 1.807) is 6.07 Å². The summed E-state index contributed by atoms with van der Waals surface area (Å²) >= 11 is 0. The number of benzene rings is 1. The summed E-state index contributed by atoms with van der Waals surface area (Å²) in [6, 6.07) is 4.74. The number of carbonyl (C=O) groups excluding carboxylic acids is 1. The molecule has 0 unspecified atom stereocenters. The molecule has 0 atom stereocenters. The van der Waals surface area contributed by atoms with Crippen LogP contribution < -0.4 is 4.74 Å². The van der Waals surface area contributed by atoms with Crippen molar-refractivity contribution in [2.75, 3.05) is 6.61 Å². The van der Waals surface area contributed by atoms with Crippen LogP contribution in [-0.4, -0.2) is 18.9 Å². The Bertz CT molecular complexity index is 491. The van der Waals surface area contributed by atoms with Gasteiger partial charge in [-0.2, -0.15) is 5.26 Å². The lowest BCUT2D eigenvalue weighted by Gasteiger charge is -2.12. The third kappa shape index (κ3) is 3.66. The van der Waals surface area contributed by atoms with Gasteiger partial charge in [-0.3, -0.25) is 0 Å². The predicted molar refractivity (Wildman–Crippen MR) is 53.8 cm³/mol. The minimum absolute atomic E-state index is 0.0181. The van der Waals surface area contributed by atoms with Gasteiger partial charge in [0, 0.05) is 0 Å². The van der Waals surface area contributed by atoms with Crippen LogP contribution in [0.4, 0.5) is 13.2 Å². The highest BCUT2D eigenvalue weighted by Crippen LogP contribution is 2.28. The van der Waals surface area contributed by atoms with Crippen LogP contribution in [0.15, 0.2) is 18.2 Å². The molecule has 0 radical (unpaired) electrons. The van der Waals surface area contributed by atoms with Gasteiger partial charge in [-0.05, 0) is 25.1 Å². The molecule has 1 rings (SSSR count). The van der Waals surface area contributed by atoms with Crippen molar-refractivity contribution in [2.45, 2.75) is 13.3 Å². The number of hydrogen-bond donors (Lipinski definition) is 0. The van der Waals surface area contributed by atoms with Gasteiger partial charge in [-0.25, -0.2) is 4.79 Å². The molecule has 1 aromatic rings. The molecule has 0 N–H and O–H groups in total. The summed E-state index contributed by atoms with van der Waals surface area (Å²) in [4.78, 5) is 11.4. The van der Waals surface area contributed by atoms with E-state index in [9.17, 15) is 18.0 Å². The monoisotopic (exact) mass is 259 g/mol. The average Bonchev–Trinajstić information content (AvgIpc) is 2.27. The Kier molecular flexibility index (Phi) is 4.15. The predicted octanol–water partition coefficient (Wildman–Crippen LogP) is 2.63. The second kappa shape index (κ2) is 5.40. The van der Waals surface area contributed by atoms with Crippen molar-refractivity contribution in [1.82, 2.24) is 0 Å². The van der Waals surface area contributed by atoms with E-state index in [4.69, 9.17) is 5.26 Å². The Morgan fingerprint density at radius 3 is 2.61 bits per heavy atom. The van der Waals surface area contributed by atoms with Gasteiger partial charge in [0.2, 0.25) is 0 Å². The fourth-order valence-electron chi connectivity index (χ4n) is 1.18. The lowest BCUT2D eigenvalue weighted by Crippen LogP contribution is -2.19. The Balaban J connectivity index is 3.17. The van der Waals surface area contributed by atoms with Gasteiger partial charge < -0.3 is 9.47 Å². The molecule has 0 saturated carbocycles. The van der Waals surface area contributed by atoms with E-state index in [0.717, 1.165) is 12.1 Å². The first kappa shape index (κ1) is 13.8. The van der Waals surface area contributed by atoms with Crippen LogP contribution in [0.25, 0.3) is 0 Å². The molecule has 1 aromatic carbocycles. The van der Waals surface area contributed by atoms with Gasteiger partial charge in [0.25, 0.3) is 0 Å². The molecule has 0 aliphatic heterocycles. The summed E-state index contributed by atoms with van der Waals surface area (Å²) in [6.07, 6.45) is -4.95. The van der Waals surface area contributed by atoms with Crippen LogP contribution in [0.2, 0.25) is 0 Å². The van der Waals surface area contributed by atoms with E-state index in [0.29, 0.717) is 0 Å². The molecular formula is C11H8F3NO3. The maximum absolute atomic E-state index is 12.1. The zero-order valence-corrected chi connectivity index (χ0v) is 9.25. The topological polar surface area (TPSA) is 59.3 Å². The maximum Gasteiger partial charge on any atom is 0.573 e. The number of ether oxygens (including phenoxy) is 2. The summed E-state index contributed by atoms with van der Waals surface area (Å²) in [5.74, 6) is -1.69. The van der Waals surface area contributed by atoms with E-state index in [1.165, 1.54) is 13.0 Å². The third-order valence-electron chi connectivity index (χ3n) is 1.83. The highest BCUT2D eigenvalue weighted by molar-refractivity contribution is 5.92. The molecule has 0 bridgehead atoms. The van der Waals surface area contributed by atoms with Crippen molar-refractivity contribution >= 4 is 5.97 Å². The number of carbonyl (C=O) groups is 1. The molecule has 96 valence electrons. The lowest BCUT2D eigenvalue weighted by atomic mass is 10.1. The first-order valence-corrected chi connectivity index (χ1v) is 4.84. The zero-order valence-electron chi connectivity index (χ0n) is 9.25. The first-order chi connectivity index (χ1) is 8.37. The number of esters is 1. The number of nitriles is 1. The highest BCUT2D eigenvalue weighted by atomic mass is 19.4. The fourth-order valence-corrected chi connectivity index (χ4v) is 1.18. The van der Waals surface area contributed by atoms with Gasteiger partial charge in [0.05, 0.1) is 18.2 Å². The van der Waals surface area contributed by atoms with Crippen molar-refractivity contribution in [3.8, 4) is 11.8 Å². The molecule has 0 amide bonds. The van der Waals surface area contributed by atoms with Crippen LogP contribution in [0.3, 0.4) is 0 Å². The summed E-state index contributed by atoms with van der Waals surface area (Å²) in [7, 11) is 0. The largest absolute Gasteiger partial charge is 0.573 e. The molecule has 7 heteroatoms. The quantitative estimate of drug-likeness (QED) is 0.783. The Morgan fingerprint density at radius 1 is 1.44 bits per heavy atom. The minimum Gasteiger partial charge on any atom is -0.462 e. The number of halogens is 3. The van der Waals surface area contributed by atoms with Crippen LogP contribution in [-0.2, 0) is 4.74 Å². The van der Waals surface area contributed by atoms with Gasteiger partial charge in [0.15, 0.2) is 0 Å². The second-order valence-electron chi connectivity index (χ2n) is 3.09. The van der Waals surface area contributed by atoms with Crippen LogP contribution in [0, 0.1) is 11.3 Å². The van der Waals surface area contributed by atoms with Crippen molar-refractivity contribution in [1.29, 1.82) is 5.26 Å². The van der Waals surface area contributed by atoms with E-state index >= 15 is 0 Å². The Labute approximate surface area is 101 Å². The van der Waals surface area contributed by atoms with Gasteiger partial charge in [-0.15, -0.1) is 13.2 Å². The van der Waals surface area contributed by atoms with E-state index in [-0.39, 0.29) is 17.7 Å². The Morgan fingerprint density at radius 2 is 2.11 bits per heavy atom. The number of alkyl halides is 3. The Hall–Kier alpha value is -2.23. The van der Waals surface area contributed by atoms with Crippen molar-refractivity contribution in [3.63, 3.8) is 0 Å². The molecule has 18 heavy (non-hydrogen) atoms. The number of hydrogen-bond acceptors (Lipinski definition) is 4. The molecule has 0 aromatic heterocycles. The van der Waals surface area contributed by atoms with Gasteiger partial charge in [0.1, 0.15) is 11.3 Å². The second-order valence-corrected chi connectivity index (χ2v) is 3.09. The van der Waals surface area contributed by atoms with E-state index < -0.39 is 18.1 Å². The normalized spacial score (nSPS) is 10.6. The lowest BCUT2D eigenvalue weighted by molar-refractivity contribution is -0.274. The van der Waals surface area contributed by atoms with Crippen LogP contribution >= 0.6 is 0 Å². The summed E-state index contributed by atoms with van der Waals surface area (Å²) in [6.45, 7) is 1.54. The number of nitrogens with zero attached hydrogens (tertiary/aromatic N) is 1. The summed E-state index contributed by atoms with van der Waals surface area (Å²) in [5, 5.41) is 8.59. The molecule has 0 saturated heterocycles. The molecular weight excluding hydrogens is 251 g/mol.